The lowest BCUT2D eigenvalue weighted by Crippen LogP contribution is -2.24. The van der Waals surface area contributed by atoms with Gasteiger partial charge >= 0.3 is 0 Å². The first-order valence-electron chi connectivity index (χ1n) is 9.50. The van der Waals surface area contributed by atoms with E-state index in [9.17, 15) is 14.0 Å². The Kier molecular flexibility index (Phi) is 6.39. The van der Waals surface area contributed by atoms with Gasteiger partial charge in [-0.3, -0.25) is 14.6 Å². The number of aromatic nitrogens is 2. The summed E-state index contributed by atoms with van der Waals surface area (Å²) >= 11 is 0. The van der Waals surface area contributed by atoms with Gasteiger partial charge in [0, 0.05) is 23.9 Å². The van der Waals surface area contributed by atoms with Gasteiger partial charge in [-0.2, -0.15) is 0 Å². The summed E-state index contributed by atoms with van der Waals surface area (Å²) in [7, 11) is 0. The van der Waals surface area contributed by atoms with Crippen LogP contribution in [-0.4, -0.2) is 28.6 Å². The van der Waals surface area contributed by atoms with Crippen molar-refractivity contribution < 1.29 is 13.9 Å². The van der Waals surface area contributed by atoms with E-state index in [1.807, 2.05) is 19.9 Å². The topological polar surface area (TPSA) is 98.1 Å². The number of primary amides is 1. The minimum absolute atomic E-state index is 0.00816. The third-order valence-electron chi connectivity index (χ3n) is 4.92. The highest BCUT2D eigenvalue weighted by Crippen LogP contribution is 2.27. The molecule has 2 aromatic heterocycles. The molecule has 4 rings (SSSR count). The number of H-pyrrole nitrogens is 1. The van der Waals surface area contributed by atoms with E-state index in [0.717, 1.165) is 24.1 Å². The minimum Gasteiger partial charge on any atom is -0.378 e. The van der Waals surface area contributed by atoms with Crippen molar-refractivity contribution >= 4 is 16.8 Å². The van der Waals surface area contributed by atoms with Crippen LogP contribution in [0.25, 0.3) is 10.9 Å². The van der Waals surface area contributed by atoms with Crippen LogP contribution in [0.4, 0.5) is 4.39 Å². The Morgan fingerprint density at radius 3 is 2.66 bits per heavy atom. The van der Waals surface area contributed by atoms with E-state index in [-0.39, 0.29) is 34.3 Å². The van der Waals surface area contributed by atoms with Gasteiger partial charge in [0.25, 0.3) is 5.91 Å². The van der Waals surface area contributed by atoms with Crippen LogP contribution in [-0.2, 0) is 4.74 Å². The summed E-state index contributed by atoms with van der Waals surface area (Å²) in [6.07, 6.45) is 3.67. The smallest absolute Gasteiger partial charge is 0.268 e. The number of halogens is 1. The SMILES string of the molecule is CC1CCC(c2cc(=O)c3c(C(N)=O)nccc3[nH]2)CO1.Cc1cccc(F)c1. The molecule has 0 spiro atoms. The third kappa shape index (κ3) is 5.06. The van der Waals surface area contributed by atoms with Gasteiger partial charge in [0.05, 0.1) is 23.6 Å². The van der Waals surface area contributed by atoms with E-state index in [2.05, 4.69) is 9.97 Å². The molecule has 29 heavy (non-hydrogen) atoms. The zero-order valence-corrected chi connectivity index (χ0v) is 16.4. The second-order valence-corrected chi connectivity index (χ2v) is 7.25. The Bertz CT molecular complexity index is 1060. The second kappa shape index (κ2) is 8.96. The number of amides is 1. The number of nitrogens with two attached hydrogens (primary N) is 1. The number of fused-ring (bicyclic) bond motifs is 1. The van der Waals surface area contributed by atoms with Crippen molar-refractivity contribution in [2.45, 2.75) is 38.7 Å². The number of aromatic amines is 1. The van der Waals surface area contributed by atoms with Gasteiger partial charge in [0.1, 0.15) is 11.5 Å². The normalized spacial score (nSPS) is 18.7. The molecule has 2 unspecified atom stereocenters. The van der Waals surface area contributed by atoms with Crippen LogP contribution in [0, 0.1) is 12.7 Å². The lowest BCUT2D eigenvalue weighted by molar-refractivity contribution is 0.0147. The van der Waals surface area contributed by atoms with E-state index in [4.69, 9.17) is 10.5 Å². The van der Waals surface area contributed by atoms with Gasteiger partial charge in [-0.1, -0.05) is 12.1 Å². The van der Waals surface area contributed by atoms with Crippen molar-refractivity contribution in [2.24, 2.45) is 5.73 Å². The average Bonchev–Trinajstić information content (AvgIpc) is 2.68. The zero-order valence-electron chi connectivity index (χ0n) is 16.4. The Morgan fingerprint density at radius 2 is 2.07 bits per heavy atom. The fraction of sp³-hybridized carbons (Fsp3) is 0.318. The van der Waals surface area contributed by atoms with Crippen molar-refractivity contribution in [1.82, 2.24) is 9.97 Å². The van der Waals surface area contributed by atoms with Crippen molar-refractivity contribution in [2.75, 3.05) is 6.61 Å². The first-order chi connectivity index (χ1) is 13.8. The summed E-state index contributed by atoms with van der Waals surface area (Å²) in [5.41, 5.74) is 7.42. The zero-order chi connectivity index (χ0) is 21.0. The molecule has 0 aliphatic carbocycles. The van der Waals surface area contributed by atoms with Crippen LogP contribution in [0.5, 0.6) is 0 Å². The molecule has 6 nitrogen and oxygen atoms in total. The molecule has 1 aromatic carbocycles. The first kappa shape index (κ1) is 20.7. The van der Waals surface area contributed by atoms with E-state index in [1.165, 1.54) is 24.4 Å². The standard InChI is InChI=1S/C15H17N3O3.C7H7F/c1-8-2-3-9(7-21-8)11-6-12(19)13-10(18-11)4-5-17-14(13)15(16)20;1-6-3-2-4-7(8)5-6/h4-6,8-9H,2-3,7H2,1H3,(H2,16,20)(H,18,19);2-5H,1H3. The molecule has 3 heterocycles. The van der Waals surface area contributed by atoms with Gasteiger partial charge in [0.2, 0.25) is 0 Å². The van der Waals surface area contributed by atoms with E-state index in [1.54, 1.807) is 12.1 Å². The number of hydrogen-bond donors (Lipinski definition) is 2. The van der Waals surface area contributed by atoms with Crippen molar-refractivity contribution in [3.63, 3.8) is 0 Å². The quantitative estimate of drug-likeness (QED) is 0.692. The minimum atomic E-state index is -0.700. The van der Waals surface area contributed by atoms with Gasteiger partial charge in [-0.05, 0) is 50.5 Å². The summed E-state index contributed by atoms with van der Waals surface area (Å²) in [6.45, 7) is 4.50. The Hall–Kier alpha value is -3.06. The lowest BCUT2D eigenvalue weighted by Gasteiger charge is -2.27. The molecule has 152 valence electrons. The number of carbonyl (C=O) groups excluding carboxylic acids is 1. The maximum atomic E-state index is 12.3. The van der Waals surface area contributed by atoms with Gasteiger partial charge in [-0.15, -0.1) is 0 Å². The molecular formula is C22H24FN3O3. The van der Waals surface area contributed by atoms with E-state index in [0.29, 0.717) is 12.1 Å². The lowest BCUT2D eigenvalue weighted by atomic mass is 9.95. The fourth-order valence-electron chi connectivity index (χ4n) is 3.36. The summed E-state index contributed by atoms with van der Waals surface area (Å²) in [6, 6.07) is 9.71. The largest absolute Gasteiger partial charge is 0.378 e. The molecule has 2 atom stereocenters. The molecule has 1 amide bonds. The molecule has 0 bridgehead atoms. The molecule has 1 aliphatic heterocycles. The third-order valence-corrected chi connectivity index (χ3v) is 4.92. The average molecular weight is 397 g/mol. The number of ether oxygens (including phenoxy) is 1. The van der Waals surface area contributed by atoms with Crippen LogP contribution in [0.2, 0.25) is 0 Å². The van der Waals surface area contributed by atoms with E-state index < -0.39 is 5.91 Å². The van der Waals surface area contributed by atoms with Crippen LogP contribution in [0.1, 0.15) is 47.4 Å². The Morgan fingerprint density at radius 1 is 1.28 bits per heavy atom. The number of nitrogens with one attached hydrogen (secondary N) is 1. The Labute approximate surface area is 167 Å². The highest BCUT2D eigenvalue weighted by Gasteiger charge is 2.22. The maximum Gasteiger partial charge on any atom is 0.268 e. The number of carbonyl (C=O) groups is 1. The predicted molar refractivity (Wildman–Crippen MR) is 109 cm³/mol. The highest BCUT2D eigenvalue weighted by molar-refractivity contribution is 6.03. The highest BCUT2D eigenvalue weighted by atomic mass is 19.1. The summed E-state index contributed by atoms with van der Waals surface area (Å²) in [5, 5.41) is 0.249. The van der Waals surface area contributed by atoms with Crippen LogP contribution < -0.4 is 11.2 Å². The van der Waals surface area contributed by atoms with Crippen molar-refractivity contribution in [1.29, 1.82) is 0 Å². The molecule has 1 saturated heterocycles. The second-order valence-electron chi connectivity index (χ2n) is 7.25. The Balaban J connectivity index is 0.000000252. The number of rotatable bonds is 2. The molecule has 1 fully saturated rings. The van der Waals surface area contributed by atoms with Crippen molar-refractivity contribution in [3.05, 3.63) is 75.6 Å². The number of aryl methyl sites for hydroxylation is 1. The summed E-state index contributed by atoms with van der Waals surface area (Å²) in [5.74, 6) is -0.692. The fourth-order valence-corrected chi connectivity index (χ4v) is 3.36. The maximum absolute atomic E-state index is 12.3. The monoisotopic (exact) mass is 397 g/mol. The molecule has 0 saturated carbocycles. The molecule has 1 aliphatic rings. The number of pyridine rings is 2. The van der Waals surface area contributed by atoms with Crippen LogP contribution in [0.15, 0.2) is 47.4 Å². The molecule has 3 aromatic rings. The van der Waals surface area contributed by atoms with Crippen molar-refractivity contribution in [3.8, 4) is 0 Å². The molecule has 3 N–H and O–H groups in total. The predicted octanol–water partition coefficient (Wildman–Crippen LogP) is 3.44. The molecule has 0 radical (unpaired) electrons. The summed E-state index contributed by atoms with van der Waals surface area (Å²) in [4.78, 5) is 30.8. The molecular weight excluding hydrogens is 373 g/mol. The number of nitrogens with zero attached hydrogens (tertiary/aromatic N) is 1. The number of hydrogen-bond acceptors (Lipinski definition) is 4. The van der Waals surface area contributed by atoms with Gasteiger partial charge in [0.15, 0.2) is 5.43 Å². The molecule has 7 heteroatoms. The van der Waals surface area contributed by atoms with E-state index >= 15 is 0 Å². The first-order valence-corrected chi connectivity index (χ1v) is 9.50. The van der Waals surface area contributed by atoms with Gasteiger partial charge in [-0.25, -0.2) is 4.39 Å². The van der Waals surface area contributed by atoms with Crippen LogP contribution >= 0.6 is 0 Å². The number of benzene rings is 1. The van der Waals surface area contributed by atoms with Gasteiger partial charge < -0.3 is 15.5 Å². The summed E-state index contributed by atoms with van der Waals surface area (Å²) < 4.78 is 17.8. The van der Waals surface area contributed by atoms with Crippen LogP contribution in [0.3, 0.4) is 0 Å².